The Morgan fingerprint density at radius 1 is 1.06 bits per heavy atom. The SMILES string of the molecule is Cc1ccc(Oc2cc(I)c(C=O)cc2I)cc1. The molecule has 0 aliphatic heterocycles. The van der Waals surface area contributed by atoms with E-state index in [0.29, 0.717) is 5.56 Å². The Morgan fingerprint density at radius 2 is 1.72 bits per heavy atom. The highest BCUT2D eigenvalue weighted by Gasteiger charge is 2.08. The minimum absolute atomic E-state index is 0.691. The highest BCUT2D eigenvalue weighted by atomic mass is 127. The lowest BCUT2D eigenvalue weighted by molar-refractivity contribution is 0.112. The van der Waals surface area contributed by atoms with E-state index in [2.05, 4.69) is 45.2 Å². The van der Waals surface area contributed by atoms with Crippen molar-refractivity contribution in [2.24, 2.45) is 0 Å². The van der Waals surface area contributed by atoms with Crippen molar-refractivity contribution in [1.82, 2.24) is 0 Å². The van der Waals surface area contributed by atoms with Gasteiger partial charge in [0.2, 0.25) is 0 Å². The van der Waals surface area contributed by atoms with E-state index in [1.807, 2.05) is 43.3 Å². The zero-order valence-corrected chi connectivity index (χ0v) is 13.9. The summed E-state index contributed by atoms with van der Waals surface area (Å²) in [5.74, 6) is 1.57. The lowest BCUT2D eigenvalue weighted by Gasteiger charge is -2.09. The van der Waals surface area contributed by atoms with E-state index >= 15 is 0 Å². The van der Waals surface area contributed by atoms with E-state index in [1.165, 1.54) is 5.56 Å². The van der Waals surface area contributed by atoms with E-state index in [0.717, 1.165) is 24.9 Å². The Hall–Kier alpha value is -0.630. The number of carbonyl (C=O) groups is 1. The second-order valence-electron chi connectivity index (χ2n) is 3.84. The van der Waals surface area contributed by atoms with E-state index in [4.69, 9.17) is 4.74 Å². The maximum Gasteiger partial charge on any atom is 0.151 e. The Labute approximate surface area is 133 Å². The first-order valence-electron chi connectivity index (χ1n) is 5.29. The van der Waals surface area contributed by atoms with Crippen LogP contribution in [0.25, 0.3) is 0 Å². The van der Waals surface area contributed by atoms with Crippen LogP contribution in [0.15, 0.2) is 36.4 Å². The van der Waals surface area contributed by atoms with Crippen LogP contribution in [-0.2, 0) is 0 Å². The molecular weight excluding hydrogens is 454 g/mol. The van der Waals surface area contributed by atoms with Crippen LogP contribution in [0.5, 0.6) is 11.5 Å². The molecule has 2 nitrogen and oxygen atoms in total. The fourth-order valence-corrected chi connectivity index (χ4v) is 2.61. The van der Waals surface area contributed by atoms with Crippen LogP contribution in [0, 0.1) is 14.1 Å². The third-order valence-electron chi connectivity index (χ3n) is 2.43. The van der Waals surface area contributed by atoms with Gasteiger partial charge in [0.15, 0.2) is 6.29 Å². The van der Waals surface area contributed by atoms with Gasteiger partial charge in [0.05, 0.1) is 3.57 Å². The van der Waals surface area contributed by atoms with E-state index < -0.39 is 0 Å². The molecule has 0 aromatic heterocycles. The second kappa shape index (κ2) is 6.01. The molecule has 4 heteroatoms. The summed E-state index contributed by atoms with van der Waals surface area (Å²) >= 11 is 4.31. The third-order valence-corrected chi connectivity index (χ3v) is 4.20. The van der Waals surface area contributed by atoms with Gasteiger partial charge >= 0.3 is 0 Å². The van der Waals surface area contributed by atoms with Crippen LogP contribution < -0.4 is 4.74 Å². The Bertz CT molecular complexity index is 577. The Morgan fingerprint density at radius 3 is 2.33 bits per heavy atom. The lowest BCUT2D eigenvalue weighted by Crippen LogP contribution is -1.93. The summed E-state index contributed by atoms with van der Waals surface area (Å²) in [5.41, 5.74) is 1.89. The van der Waals surface area contributed by atoms with E-state index in [9.17, 15) is 4.79 Å². The lowest BCUT2D eigenvalue weighted by atomic mass is 10.2. The molecule has 0 atom stereocenters. The van der Waals surface area contributed by atoms with Crippen molar-refractivity contribution in [2.75, 3.05) is 0 Å². The summed E-state index contributed by atoms with van der Waals surface area (Å²) in [4.78, 5) is 10.8. The largest absolute Gasteiger partial charge is 0.456 e. The molecule has 2 aromatic carbocycles. The van der Waals surface area contributed by atoms with Gasteiger partial charge in [-0.25, -0.2) is 0 Å². The first-order chi connectivity index (χ1) is 8.60. The third kappa shape index (κ3) is 3.23. The zero-order valence-electron chi connectivity index (χ0n) is 9.61. The molecule has 0 N–H and O–H groups in total. The molecular formula is C14H10I2O2. The Kier molecular flexibility index (Phi) is 4.60. The molecule has 0 spiro atoms. The minimum atomic E-state index is 0.691. The molecule has 0 aliphatic rings. The van der Waals surface area contributed by atoms with Crippen molar-refractivity contribution in [3.63, 3.8) is 0 Å². The number of aryl methyl sites for hydroxylation is 1. The molecule has 0 heterocycles. The van der Waals surface area contributed by atoms with Crippen molar-refractivity contribution < 1.29 is 9.53 Å². The minimum Gasteiger partial charge on any atom is -0.456 e. The van der Waals surface area contributed by atoms with Crippen molar-refractivity contribution in [3.8, 4) is 11.5 Å². The standard InChI is InChI=1S/C14H10I2O2/c1-9-2-4-11(5-3-9)18-14-7-12(15)10(8-17)6-13(14)16/h2-8H,1H3. The monoisotopic (exact) mass is 464 g/mol. The average molecular weight is 464 g/mol. The van der Waals surface area contributed by atoms with Gasteiger partial charge in [-0.2, -0.15) is 0 Å². The van der Waals surface area contributed by atoms with Gasteiger partial charge in [-0.05, 0) is 76.4 Å². The molecule has 0 amide bonds. The number of hydrogen-bond acceptors (Lipinski definition) is 2. The summed E-state index contributed by atoms with van der Waals surface area (Å²) < 4.78 is 7.64. The molecule has 18 heavy (non-hydrogen) atoms. The number of rotatable bonds is 3. The topological polar surface area (TPSA) is 26.3 Å². The number of hydrogen-bond donors (Lipinski definition) is 0. The summed E-state index contributed by atoms with van der Waals surface area (Å²) in [6.45, 7) is 2.04. The fraction of sp³-hybridized carbons (Fsp3) is 0.0714. The molecule has 2 rings (SSSR count). The number of carbonyl (C=O) groups excluding carboxylic acids is 1. The maximum atomic E-state index is 10.8. The molecule has 0 radical (unpaired) electrons. The van der Waals surface area contributed by atoms with Crippen molar-refractivity contribution >= 4 is 51.5 Å². The van der Waals surface area contributed by atoms with Crippen molar-refractivity contribution in [2.45, 2.75) is 6.92 Å². The van der Waals surface area contributed by atoms with Gasteiger partial charge in [-0.1, -0.05) is 17.7 Å². The molecule has 0 aliphatic carbocycles. The van der Waals surface area contributed by atoms with Crippen LogP contribution in [0.3, 0.4) is 0 Å². The van der Waals surface area contributed by atoms with Gasteiger partial charge < -0.3 is 4.74 Å². The molecule has 92 valence electrons. The second-order valence-corrected chi connectivity index (χ2v) is 6.16. The van der Waals surface area contributed by atoms with Gasteiger partial charge in [-0.15, -0.1) is 0 Å². The van der Waals surface area contributed by atoms with Gasteiger partial charge in [0, 0.05) is 9.13 Å². The summed E-state index contributed by atoms with van der Waals surface area (Å²) in [6.07, 6.45) is 0.861. The molecule has 0 bridgehead atoms. The van der Waals surface area contributed by atoms with Crippen LogP contribution in [0.1, 0.15) is 15.9 Å². The highest BCUT2D eigenvalue weighted by Crippen LogP contribution is 2.30. The Balaban J connectivity index is 2.32. The molecule has 0 saturated carbocycles. The number of halogens is 2. The van der Waals surface area contributed by atoms with Crippen molar-refractivity contribution in [1.29, 1.82) is 0 Å². The van der Waals surface area contributed by atoms with Crippen LogP contribution in [0.2, 0.25) is 0 Å². The molecule has 0 fully saturated rings. The van der Waals surface area contributed by atoms with Crippen LogP contribution in [0.4, 0.5) is 0 Å². The summed E-state index contributed by atoms with van der Waals surface area (Å²) in [7, 11) is 0. The first kappa shape index (κ1) is 13.8. The van der Waals surface area contributed by atoms with Gasteiger partial charge in [-0.3, -0.25) is 4.79 Å². The average Bonchev–Trinajstić information content (AvgIpc) is 2.36. The smallest absolute Gasteiger partial charge is 0.151 e. The fourth-order valence-electron chi connectivity index (χ4n) is 1.45. The van der Waals surface area contributed by atoms with Gasteiger partial charge in [0.1, 0.15) is 11.5 Å². The van der Waals surface area contributed by atoms with Gasteiger partial charge in [0.25, 0.3) is 0 Å². The summed E-state index contributed by atoms with van der Waals surface area (Å²) in [6, 6.07) is 11.6. The molecule has 0 saturated heterocycles. The first-order valence-corrected chi connectivity index (χ1v) is 7.44. The number of ether oxygens (including phenoxy) is 1. The summed E-state index contributed by atoms with van der Waals surface area (Å²) in [5, 5.41) is 0. The molecule has 2 aromatic rings. The quantitative estimate of drug-likeness (QED) is 0.482. The highest BCUT2D eigenvalue weighted by molar-refractivity contribution is 14.1. The van der Waals surface area contributed by atoms with E-state index in [1.54, 1.807) is 0 Å². The number of aldehydes is 1. The maximum absolute atomic E-state index is 10.8. The van der Waals surface area contributed by atoms with Crippen LogP contribution in [-0.4, -0.2) is 6.29 Å². The van der Waals surface area contributed by atoms with Crippen molar-refractivity contribution in [3.05, 3.63) is 54.7 Å². The normalized spacial score (nSPS) is 10.2. The van der Waals surface area contributed by atoms with E-state index in [-0.39, 0.29) is 0 Å². The predicted octanol–water partition coefficient (Wildman–Crippen LogP) is 4.81. The van der Waals surface area contributed by atoms with Crippen LogP contribution >= 0.6 is 45.2 Å². The number of benzene rings is 2. The molecule has 0 unspecified atom stereocenters. The zero-order chi connectivity index (χ0) is 13.1. The predicted molar refractivity (Wildman–Crippen MR) is 88.5 cm³/mol.